The SMILES string of the molecule is Cc1cc(Br)c(C(=O)c2cccc(Cl)c2F)cc1Br. The molecule has 0 saturated carbocycles. The van der Waals surface area contributed by atoms with Gasteiger partial charge in [-0.25, -0.2) is 4.39 Å². The monoisotopic (exact) mass is 404 g/mol. The fourth-order valence-corrected chi connectivity index (χ4v) is 2.80. The molecule has 2 rings (SSSR count). The maximum absolute atomic E-state index is 13.9. The number of hydrogen-bond acceptors (Lipinski definition) is 1. The molecule has 5 heteroatoms. The van der Waals surface area contributed by atoms with Crippen molar-refractivity contribution in [3.05, 3.63) is 66.8 Å². The molecule has 0 N–H and O–H groups in total. The third kappa shape index (κ3) is 2.91. The minimum absolute atomic E-state index is 0.0380. The summed E-state index contributed by atoms with van der Waals surface area (Å²) in [5, 5.41) is -0.0619. The van der Waals surface area contributed by atoms with Gasteiger partial charge in [0, 0.05) is 14.5 Å². The van der Waals surface area contributed by atoms with Crippen LogP contribution >= 0.6 is 43.5 Å². The lowest BCUT2D eigenvalue weighted by Gasteiger charge is -2.08. The topological polar surface area (TPSA) is 17.1 Å². The van der Waals surface area contributed by atoms with Crippen LogP contribution in [0.15, 0.2) is 39.3 Å². The molecular formula is C14H8Br2ClFO. The molecule has 98 valence electrons. The van der Waals surface area contributed by atoms with Crippen LogP contribution in [0.5, 0.6) is 0 Å². The Morgan fingerprint density at radius 1 is 1.16 bits per heavy atom. The van der Waals surface area contributed by atoms with Gasteiger partial charge in [0.05, 0.1) is 10.6 Å². The van der Waals surface area contributed by atoms with E-state index in [2.05, 4.69) is 31.9 Å². The highest BCUT2D eigenvalue weighted by Crippen LogP contribution is 2.29. The average Bonchev–Trinajstić information content (AvgIpc) is 2.36. The fourth-order valence-electron chi connectivity index (χ4n) is 1.64. The Balaban J connectivity index is 2.56. The van der Waals surface area contributed by atoms with Gasteiger partial charge in [0.1, 0.15) is 0 Å². The standard InChI is InChI=1S/C14H8Br2ClFO/c1-7-5-11(16)9(6-10(7)15)14(19)8-3-2-4-12(17)13(8)18/h2-6H,1H3. The molecule has 0 radical (unpaired) electrons. The van der Waals surface area contributed by atoms with Crippen molar-refractivity contribution in [1.29, 1.82) is 0 Å². The number of carbonyl (C=O) groups excluding carboxylic acids is 1. The molecule has 0 aromatic heterocycles. The van der Waals surface area contributed by atoms with Crippen molar-refractivity contribution in [2.45, 2.75) is 6.92 Å². The molecule has 0 amide bonds. The van der Waals surface area contributed by atoms with Gasteiger partial charge in [0.15, 0.2) is 11.6 Å². The van der Waals surface area contributed by atoms with E-state index in [0.717, 1.165) is 10.0 Å². The van der Waals surface area contributed by atoms with Gasteiger partial charge in [-0.3, -0.25) is 4.79 Å². The second-order valence-electron chi connectivity index (χ2n) is 4.01. The summed E-state index contributed by atoms with van der Waals surface area (Å²) < 4.78 is 15.3. The minimum atomic E-state index is -0.697. The molecule has 0 aliphatic rings. The van der Waals surface area contributed by atoms with E-state index < -0.39 is 11.6 Å². The number of benzene rings is 2. The lowest BCUT2D eigenvalue weighted by molar-refractivity contribution is 0.103. The first-order chi connectivity index (χ1) is 8.91. The van der Waals surface area contributed by atoms with Gasteiger partial charge in [-0.15, -0.1) is 0 Å². The lowest BCUT2D eigenvalue weighted by atomic mass is 10.0. The fraction of sp³-hybridized carbons (Fsp3) is 0.0714. The normalized spacial score (nSPS) is 10.6. The van der Waals surface area contributed by atoms with Crippen molar-refractivity contribution in [2.75, 3.05) is 0 Å². The second-order valence-corrected chi connectivity index (χ2v) is 6.13. The summed E-state index contributed by atoms with van der Waals surface area (Å²) >= 11 is 12.4. The van der Waals surface area contributed by atoms with Crippen LogP contribution in [0.3, 0.4) is 0 Å². The van der Waals surface area contributed by atoms with Crippen LogP contribution in [0.4, 0.5) is 4.39 Å². The Morgan fingerprint density at radius 3 is 2.53 bits per heavy atom. The number of ketones is 1. The highest BCUT2D eigenvalue weighted by Gasteiger charge is 2.19. The lowest BCUT2D eigenvalue weighted by Crippen LogP contribution is -2.06. The third-order valence-corrected chi connectivity index (χ3v) is 4.49. The van der Waals surface area contributed by atoms with Crippen molar-refractivity contribution in [3.8, 4) is 0 Å². The molecule has 0 aliphatic heterocycles. The van der Waals surface area contributed by atoms with Crippen LogP contribution in [0.1, 0.15) is 21.5 Å². The summed E-state index contributed by atoms with van der Waals surface area (Å²) in [4.78, 5) is 12.4. The Kier molecular flexibility index (Phi) is 4.43. The predicted octanol–water partition coefficient (Wildman–Crippen LogP) is 5.54. The highest BCUT2D eigenvalue weighted by molar-refractivity contribution is 9.11. The number of carbonyl (C=O) groups is 1. The molecule has 0 atom stereocenters. The summed E-state index contributed by atoms with van der Waals surface area (Å²) in [5.74, 6) is -1.11. The summed E-state index contributed by atoms with van der Waals surface area (Å²) in [6, 6.07) is 7.86. The summed E-state index contributed by atoms with van der Waals surface area (Å²) in [7, 11) is 0. The first-order valence-corrected chi connectivity index (χ1v) is 7.32. The third-order valence-electron chi connectivity index (χ3n) is 2.69. The molecule has 2 aromatic rings. The van der Waals surface area contributed by atoms with Gasteiger partial charge in [0.2, 0.25) is 0 Å². The maximum atomic E-state index is 13.9. The van der Waals surface area contributed by atoms with Crippen LogP contribution in [0.25, 0.3) is 0 Å². The number of halogens is 4. The molecular weight excluding hydrogens is 398 g/mol. The zero-order chi connectivity index (χ0) is 14.2. The number of rotatable bonds is 2. The van der Waals surface area contributed by atoms with E-state index in [9.17, 15) is 9.18 Å². The van der Waals surface area contributed by atoms with E-state index in [4.69, 9.17) is 11.6 Å². The molecule has 1 nitrogen and oxygen atoms in total. The van der Waals surface area contributed by atoms with E-state index in [1.165, 1.54) is 12.1 Å². The van der Waals surface area contributed by atoms with Crippen LogP contribution in [0, 0.1) is 12.7 Å². The largest absolute Gasteiger partial charge is 0.288 e. The van der Waals surface area contributed by atoms with Crippen molar-refractivity contribution in [1.82, 2.24) is 0 Å². The second kappa shape index (κ2) is 5.73. The quantitative estimate of drug-likeness (QED) is 0.598. The first-order valence-electron chi connectivity index (χ1n) is 5.36. The smallest absolute Gasteiger partial charge is 0.197 e. The zero-order valence-electron chi connectivity index (χ0n) is 9.81. The summed E-state index contributed by atoms with van der Waals surface area (Å²) in [6.45, 7) is 1.91. The Bertz CT molecular complexity index is 671. The summed E-state index contributed by atoms with van der Waals surface area (Å²) in [6.07, 6.45) is 0. The molecule has 0 saturated heterocycles. The molecule has 0 fully saturated rings. The Hall–Kier alpha value is -0.710. The van der Waals surface area contributed by atoms with Crippen LogP contribution in [-0.4, -0.2) is 5.78 Å². The van der Waals surface area contributed by atoms with Crippen LogP contribution in [-0.2, 0) is 0 Å². The average molecular weight is 406 g/mol. The molecule has 0 aliphatic carbocycles. The van der Waals surface area contributed by atoms with Gasteiger partial charge >= 0.3 is 0 Å². The molecule has 19 heavy (non-hydrogen) atoms. The van der Waals surface area contributed by atoms with E-state index in [-0.39, 0.29) is 10.6 Å². The summed E-state index contributed by atoms with van der Waals surface area (Å²) in [5.41, 5.74) is 1.33. The molecule has 0 unspecified atom stereocenters. The Morgan fingerprint density at radius 2 is 1.84 bits per heavy atom. The van der Waals surface area contributed by atoms with Crippen molar-refractivity contribution in [2.24, 2.45) is 0 Å². The van der Waals surface area contributed by atoms with Gasteiger partial charge < -0.3 is 0 Å². The number of hydrogen-bond donors (Lipinski definition) is 0. The molecule has 2 aromatic carbocycles. The molecule has 0 heterocycles. The van der Waals surface area contributed by atoms with Crippen LogP contribution < -0.4 is 0 Å². The Labute approximate surface area is 132 Å². The van der Waals surface area contributed by atoms with Gasteiger partial charge in [-0.1, -0.05) is 49.5 Å². The predicted molar refractivity (Wildman–Crippen MR) is 81.4 cm³/mol. The molecule has 0 bridgehead atoms. The van der Waals surface area contributed by atoms with Crippen LogP contribution in [0.2, 0.25) is 5.02 Å². The minimum Gasteiger partial charge on any atom is -0.288 e. The number of aryl methyl sites for hydroxylation is 1. The van der Waals surface area contributed by atoms with Gasteiger partial charge in [-0.05, 0) is 36.8 Å². The van der Waals surface area contributed by atoms with Gasteiger partial charge in [0.25, 0.3) is 0 Å². The van der Waals surface area contributed by atoms with Gasteiger partial charge in [-0.2, -0.15) is 0 Å². The van der Waals surface area contributed by atoms with E-state index in [1.54, 1.807) is 18.2 Å². The first kappa shape index (κ1) is 14.7. The van der Waals surface area contributed by atoms with Crippen molar-refractivity contribution < 1.29 is 9.18 Å². The van der Waals surface area contributed by atoms with E-state index in [1.807, 2.05) is 6.92 Å². The zero-order valence-corrected chi connectivity index (χ0v) is 13.7. The van der Waals surface area contributed by atoms with E-state index in [0.29, 0.717) is 10.0 Å². The van der Waals surface area contributed by atoms with Crippen molar-refractivity contribution in [3.63, 3.8) is 0 Å². The van der Waals surface area contributed by atoms with E-state index >= 15 is 0 Å². The maximum Gasteiger partial charge on any atom is 0.197 e. The molecule has 0 spiro atoms. The highest BCUT2D eigenvalue weighted by atomic mass is 79.9. The van der Waals surface area contributed by atoms with Crippen molar-refractivity contribution >= 4 is 49.2 Å².